The van der Waals surface area contributed by atoms with Gasteiger partial charge in [0.1, 0.15) is 0 Å². The summed E-state index contributed by atoms with van der Waals surface area (Å²) in [6.07, 6.45) is 0. The average molecular weight is 312 g/mol. The molecule has 0 aliphatic heterocycles. The Bertz CT molecular complexity index is 409. The predicted octanol–water partition coefficient (Wildman–Crippen LogP) is 3.77. The average Bonchev–Trinajstić information content (AvgIpc) is 2.27. The summed E-state index contributed by atoms with van der Waals surface area (Å²) in [5.74, 6) is 0.314. The van der Waals surface area contributed by atoms with Crippen molar-refractivity contribution < 1.29 is 4.79 Å². The van der Waals surface area contributed by atoms with Gasteiger partial charge in [0.2, 0.25) is 5.91 Å². The maximum Gasteiger partial charge on any atom is 0.234 e. The second-order valence-corrected chi connectivity index (χ2v) is 6.61. The van der Waals surface area contributed by atoms with Crippen molar-refractivity contribution in [2.75, 3.05) is 0 Å². The number of hydrogen-bond donors (Lipinski definition) is 1. The fourth-order valence-corrected chi connectivity index (χ4v) is 1.84. The summed E-state index contributed by atoms with van der Waals surface area (Å²) < 4.78 is 0. The molecule has 1 atom stereocenters. The molecule has 0 aliphatic rings. The van der Waals surface area contributed by atoms with Crippen molar-refractivity contribution in [3.8, 4) is 0 Å². The first kappa shape index (κ1) is 15.2. The Morgan fingerprint density at radius 3 is 2.17 bits per heavy atom. The van der Waals surface area contributed by atoms with Crippen LogP contribution in [0, 0.1) is 12.8 Å². The first-order valence-corrected chi connectivity index (χ1v) is 7.19. The Hall–Kier alpha value is -0.830. The number of benzene rings is 1. The van der Waals surface area contributed by atoms with Crippen molar-refractivity contribution in [1.82, 2.24) is 5.32 Å². The zero-order valence-electron chi connectivity index (χ0n) is 11.8. The number of hydrogen-bond acceptors (Lipinski definition) is 1. The van der Waals surface area contributed by atoms with Crippen LogP contribution in [0.5, 0.6) is 0 Å². The topological polar surface area (TPSA) is 29.1 Å². The van der Waals surface area contributed by atoms with Crippen LogP contribution in [-0.2, 0) is 10.3 Å². The second kappa shape index (κ2) is 5.87. The maximum atomic E-state index is 12.1. The summed E-state index contributed by atoms with van der Waals surface area (Å²) in [4.78, 5) is 11.9. The van der Waals surface area contributed by atoms with Crippen molar-refractivity contribution in [1.29, 1.82) is 0 Å². The lowest BCUT2D eigenvalue weighted by Gasteiger charge is -2.29. The molecule has 1 amide bonds. The summed E-state index contributed by atoms with van der Waals surface area (Å²) in [6.45, 7) is 10.2. The van der Waals surface area contributed by atoms with Crippen LogP contribution in [0.2, 0.25) is 0 Å². The molecule has 0 heterocycles. The number of carbonyl (C=O) groups excluding carboxylic acids is 1. The number of carbonyl (C=O) groups is 1. The highest BCUT2D eigenvalue weighted by Crippen LogP contribution is 2.22. The minimum atomic E-state index is -0.355. The minimum absolute atomic E-state index is 0.0376. The number of alkyl halides is 1. The highest BCUT2D eigenvalue weighted by atomic mass is 79.9. The van der Waals surface area contributed by atoms with Crippen molar-refractivity contribution in [3.05, 3.63) is 35.4 Å². The molecule has 1 aromatic carbocycles. The number of halogens is 1. The highest BCUT2D eigenvalue weighted by molar-refractivity contribution is 9.10. The molecule has 0 aromatic heterocycles. The molecule has 0 saturated carbocycles. The van der Waals surface area contributed by atoms with Gasteiger partial charge < -0.3 is 5.32 Å². The summed E-state index contributed by atoms with van der Waals surface area (Å²) in [6, 6.07) is 8.26. The summed E-state index contributed by atoms with van der Waals surface area (Å²) in [7, 11) is 0. The van der Waals surface area contributed by atoms with Crippen LogP contribution in [0.15, 0.2) is 24.3 Å². The van der Waals surface area contributed by atoms with Crippen LogP contribution in [0.3, 0.4) is 0 Å². The highest BCUT2D eigenvalue weighted by Gasteiger charge is 2.27. The van der Waals surface area contributed by atoms with E-state index in [4.69, 9.17) is 0 Å². The van der Waals surface area contributed by atoms with Crippen LogP contribution in [0.25, 0.3) is 0 Å². The van der Waals surface area contributed by atoms with Crippen molar-refractivity contribution >= 4 is 21.8 Å². The van der Waals surface area contributed by atoms with E-state index in [1.807, 2.05) is 27.7 Å². The third kappa shape index (κ3) is 3.84. The van der Waals surface area contributed by atoms with Gasteiger partial charge in [-0.05, 0) is 32.3 Å². The Morgan fingerprint density at radius 2 is 1.72 bits per heavy atom. The second-order valence-electron chi connectivity index (χ2n) is 5.63. The van der Waals surface area contributed by atoms with Crippen LogP contribution >= 0.6 is 15.9 Å². The molecular formula is C15H22BrNO. The monoisotopic (exact) mass is 311 g/mol. The van der Waals surface area contributed by atoms with Gasteiger partial charge in [-0.25, -0.2) is 0 Å². The van der Waals surface area contributed by atoms with Gasteiger partial charge in [-0.2, -0.15) is 0 Å². The standard InChI is InChI=1S/C15H22BrNO/c1-10(2)13(16)14(18)17-15(4,5)12-8-6-11(3)7-9-12/h6-10,13H,1-5H3,(H,17,18). The fraction of sp³-hybridized carbons (Fsp3) is 0.533. The quantitative estimate of drug-likeness (QED) is 0.843. The van der Waals surface area contributed by atoms with Gasteiger partial charge in [0.05, 0.1) is 10.4 Å². The van der Waals surface area contributed by atoms with Gasteiger partial charge in [0.25, 0.3) is 0 Å². The Balaban J connectivity index is 2.81. The lowest BCUT2D eigenvalue weighted by Crippen LogP contribution is -2.45. The van der Waals surface area contributed by atoms with Gasteiger partial charge in [0.15, 0.2) is 0 Å². The van der Waals surface area contributed by atoms with E-state index in [0.717, 1.165) is 5.56 Å². The van der Waals surface area contributed by atoms with E-state index in [-0.39, 0.29) is 22.2 Å². The van der Waals surface area contributed by atoms with E-state index in [9.17, 15) is 4.79 Å². The molecular weight excluding hydrogens is 290 g/mol. The molecule has 0 spiro atoms. The molecule has 0 bridgehead atoms. The third-order valence-electron chi connectivity index (χ3n) is 3.04. The molecule has 1 unspecified atom stereocenters. The number of rotatable bonds is 4. The number of aryl methyl sites for hydroxylation is 1. The largest absolute Gasteiger partial charge is 0.346 e. The van der Waals surface area contributed by atoms with Gasteiger partial charge in [-0.15, -0.1) is 0 Å². The van der Waals surface area contributed by atoms with E-state index >= 15 is 0 Å². The van der Waals surface area contributed by atoms with Crippen molar-refractivity contribution in [3.63, 3.8) is 0 Å². The zero-order chi connectivity index (χ0) is 13.9. The van der Waals surface area contributed by atoms with Crippen LogP contribution < -0.4 is 5.32 Å². The molecule has 1 aromatic rings. The van der Waals surface area contributed by atoms with Gasteiger partial charge >= 0.3 is 0 Å². The van der Waals surface area contributed by atoms with Gasteiger partial charge in [-0.1, -0.05) is 59.6 Å². The molecule has 3 heteroatoms. The first-order valence-electron chi connectivity index (χ1n) is 6.27. The lowest BCUT2D eigenvalue weighted by atomic mass is 9.93. The van der Waals surface area contributed by atoms with Crippen molar-refractivity contribution in [2.24, 2.45) is 5.92 Å². The molecule has 0 saturated heterocycles. The zero-order valence-corrected chi connectivity index (χ0v) is 13.3. The third-order valence-corrected chi connectivity index (χ3v) is 4.52. The molecule has 1 rings (SSSR count). The number of nitrogens with one attached hydrogen (secondary N) is 1. The lowest BCUT2D eigenvalue weighted by molar-refractivity contribution is -0.122. The fourth-order valence-electron chi connectivity index (χ4n) is 1.72. The molecule has 0 radical (unpaired) electrons. The summed E-state index contributed by atoms with van der Waals surface area (Å²) >= 11 is 3.43. The normalized spacial score (nSPS) is 13.5. The molecule has 2 nitrogen and oxygen atoms in total. The Kier molecular flexibility index (Phi) is 4.97. The molecule has 18 heavy (non-hydrogen) atoms. The van der Waals surface area contributed by atoms with E-state index in [1.165, 1.54) is 5.56 Å². The van der Waals surface area contributed by atoms with Crippen LogP contribution in [0.1, 0.15) is 38.8 Å². The van der Waals surface area contributed by atoms with Crippen LogP contribution in [0.4, 0.5) is 0 Å². The van der Waals surface area contributed by atoms with E-state index in [2.05, 4.69) is 52.4 Å². The summed E-state index contributed by atoms with van der Waals surface area (Å²) in [5, 5.41) is 3.09. The van der Waals surface area contributed by atoms with Crippen LogP contribution in [-0.4, -0.2) is 10.7 Å². The van der Waals surface area contributed by atoms with E-state index < -0.39 is 0 Å². The molecule has 0 aliphatic carbocycles. The van der Waals surface area contributed by atoms with E-state index in [0.29, 0.717) is 0 Å². The maximum absolute atomic E-state index is 12.1. The molecule has 0 fully saturated rings. The minimum Gasteiger partial charge on any atom is -0.346 e. The number of amides is 1. The van der Waals surface area contributed by atoms with Gasteiger partial charge in [0, 0.05) is 0 Å². The van der Waals surface area contributed by atoms with Gasteiger partial charge in [-0.3, -0.25) is 4.79 Å². The summed E-state index contributed by atoms with van der Waals surface area (Å²) in [5.41, 5.74) is 1.98. The molecule has 1 N–H and O–H groups in total. The Labute approximate surface area is 118 Å². The smallest absolute Gasteiger partial charge is 0.234 e. The molecule has 100 valence electrons. The SMILES string of the molecule is Cc1ccc(C(C)(C)NC(=O)C(Br)C(C)C)cc1. The van der Waals surface area contributed by atoms with Crippen molar-refractivity contribution in [2.45, 2.75) is 45.0 Å². The Morgan fingerprint density at radius 1 is 1.22 bits per heavy atom. The predicted molar refractivity (Wildman–Crippen MR) is 79.9 cm³/mol. The first-order chi connectivity index (χ1) is 8.24. The van der Waals surface area contributed by atoms with E-state index in [1.54, 1.807) is 0 Å².